The smallest absolute Gasteiger partial charge is 0.305 e. The van der Waals surface area contributed by atoms with Gasteiger partial charge in [0.05, 0.1) is 25.4 Å². The van der Waals surface area contributed by atoms with Gasteiger partial charge >= 0.3 is 11.9 Å². The number of esters is 2. The Balaban J connectivity index is 3.35. The highest BCUT2D eigenvalue weighted by molar-refractivity contribution is 5.70. The Morgan fingerprint density at radius 3 is 1.42 bits per heavy atom. The zero-order valence-electron chi connectivity index (χ0n) is 14.4. The highest BCUT2D eigenvalue weighted by atomic mass is 16.5. The van der Waals surface area contributed by atoms with Crippen LogP contribution in [0.4, 0.5) is 0 Å². The Bertz CT molecular complexity index is 384. The van der Waals surface area contributed by atoms with Crippen LogP contribution >= 0.6 is 0 Å². The van der Waals surface area contributed by atoms with Gasteiger partial charge in [-0.25, -0.2) is 0 Å². The Morgan fingerprint density at radius 1 is 0.625 bits per heavy atom. The van der Waals surface area contributed by atoms with Gasteiger partial charge in [-0.1, -0.05) is 0 Å². The fourth-order valence-corrected chi connectivity index (χ4v) is 2.02. The first kappa shape index (κ1) is 21.9. The molecule has 0 aromatic carbocycles. The van der Waals surface area contributed by atoms with Crippen molar-refractivity contribution in [1.29, 1.82) is 10.5 Å². The second-order valence-electron chi connectivity index (χ2n) is 5.59. The van der Waals surface area contributed by atoms with Gasteiger partial charge in [0.25, 0.3) is 0 Å². The lowest BCUT2D eigenvalue weighted by atomic mass is 10.2. The highest BCUT2D eigenvalue weighted by Gasteiger charge is 2.06. The summed E-state index contributed by atoms with van der Waals surface area (Å²) >= 11 is 0. The molecule has 0 fully saturated rings. The number of rotatable bonds is 15. The van der Waals surface area contributed by atoms with Crippen LogP contribution in [0, 0.1) is 22.7 Å². The van der Waals surface area contributed by atoms with E-state index in [0.717, 1.165) is 38.5 Å². The van der Waals surface area contributed by atoms with Crippen molar-refractivity contribution in [2.45, 2.75) is 77.0 Å². The van der Waals surface area contributed by atoms with Gasteiger partial charge < -0.3 is 9.47 Å². The van der Waals surface area contributed by atoms with E-state index in [1.54, 1.807) is 0 Å². The van der Waals surface area contributed by atoms with Gasteiger partial charge in [-0.15, -0.1) is 0 Å². The molecule has 0 radical (unpaired) electrons. The zero-order chi connectivity index (χ0) is 17.9. The van der Waals surface area contributed by atoms with Crippen LogP contribution in [0.3, 0.4) is 0 Å². The van der Waals surface area contributed by atoms with Gasteiger partial charge in [-0.05, 0) is 51.4 Å². The number of nitriles is 2. The number of ether oxygens (including phenoxy) is 2. The summed E-state index contributed by atoms with van der Waals surface area (Å²) in [5.74, 6) is -0.470. The van der Waals surface area contributed by atoms with Gasteiger partial charge in [0.2, 0.25) is 0 Å². The molecule has 0 aliphatic rings. The zero-order valence-corrected chi connectivity index (χ0v) is 14.4. The third kappa shape index (κ3) is 16.3. The minimum atomic E-state index is -0.235. The molecule has 24 heavy (non-hydrogen) atoms. The van der Waals surface area contributed by atoms with E-state index in [-0.39, 0.29) is 11.9 Å². The predicted molar refractivity (Wildman–Crippen MR) is 88.5 cm³/mol. The van der Waals surface area contributed by atoms with Crippen LogP contribution < -0.4 is 0 Å². The van der Waals surface area contributed by atoms with E-state index >= 15 is 0 Å². The molecule has 0 atom stereocenters. The van der Waals surface area contributed by atoms with Crippen molar-refractivity contribution in [1.82, 2.24) is 0 Å². The predicted octanol–water partition coefficient (Wildman–Crippen LogP) is 3.80. The summed E-state index contributed by atoms with van der Waals surface area (Å²) in [7, 11) is 0. The summed E-state index contributed by atoms with van der Waals surface area (Å²) in [4.78, 5) is 22.9. The van der Waals surface area contributed by atoms with Crippen LogP contribution in [-0.2, 0) is 19.1 Å². The SMILES string of the molecule is N#CCCCCCOC(=O)CCCCC(=O)OCCCCCC#N. The van der Waals surface area contributed by atoms with Crippen LogP contribution in [0.5, 0.6) is 0 Å². The van der Waals surface area contributed by atoms with Gasteiger partial charge in [0, 0.05) is 25.7 Å². The molecule has 0 spiro atoms. The van der Waals surface area contributed by atoms with E-state index in [4.69, 9.17) is 20.0 Å². The maximum absolute atomic E-state index is 11.5. The molecule has 0 aromatic heterocycles. The fourth-order valence-electron chi connectivity index (χ4n) is 2.02. The average Bonchev–Trinajstić information content (AvgIpc) is 2.58. The van der Waals surface area contributed by atoms with E-state index < -0.39 is 0 Å². The minimum Gasteiger partial charge on any atom is -0.466 e. The topological polar surface area (TPSA) is 100 Å². The molecule has 0 bridgehead atoms. The van der Waals surface area contributed by atoms with Crippen LogP contribution in [0.1, 0.15) is 77.0 Å². The van der Waals surface area contributed by atoms with Crippen molar-refractivity contribution in [2.24, 2.45) is 0 Å². The lowest BCUT2D eigenvalue weighted by molar-refractivity contribution is -0.146. The highest BCUT2D eigenvalue weighted by Crippen LogP contribution is 2.05. The first-order valence-corrected chi connectivity index (χ1v) is 8.76. The van der Waals surface area contributed by atoms with E-state index in [1.807, 2.05) is 0 Å². The van der Waals surface area contributed by atoms with E-state index in [1.165, 1.54) is 0 Å². The first-order chi connectivity index (χ1) is 11.7. The molecular formula is C18H28N2O4. The molecule has 0 unspecified atom stereocenters. The summed E-state index contributed by atoms with van der Waals surface area (Å²) in [6, 6.07) is 4.16. The van der Waals surface area contributed by atoms with Crippen molar-refractivity contribution in [3.05, 3.63) is 0 Å². The second-order valence-corrected chi connectivity index (χ2v) is 5.59. The lowest BCUT2D eigenvalue weighted by Crippen LogP contribution is -2.08. The van der Waals surface area contributed by atoms with Crippen molar-refractivity contribution in [3.8, 4) is 12.1 Å². The molecule has 0 saturated heterocycles. The van der Waals surface area contributed by atoms with Gasteiger partial charge in [-0.3, -0.25) is 9.59 Å². The molecule has 0 aliphatic carbocycles. The van der Waals surface area contributed by atoms with Crippen molar-refractivity contribution in [3.63, 3.8) is 0 Å². The summed E-state index contributed by atoms with van der Waals surface area (Å²) < 4.78 is 10.2. The molecule has 134 valence electrons. The molecule has 0 N–H and O–H groups in total. The molecule has 0 aliphatic heterocycles. The maximum atomic E-state index is 11.5. The van der Waals surface area contributed by atoms with Crippen LogP contribution in [-0.4, -0.2) is 25.2 Å². The van der Waals surface area contributed by atoms with E-state index in [0.29, 0.717) is 51.7 Å². The van der Waals surface area contributed by atoms with E-state index in [9.17, 15) is 9.59 Å². The van der Waals surface area contributed by atoms with E-state index in [2.05, 4.69) is 12.1 Å². The molecule has 0 heterocycles. The largest absolute Gasteiger partial charge is 0.466 e. The molecule has 0 saturated carbocycles. The second kappa shape index (κ2) is 17.3. The number of carbonyl (C=O) groups excluding carboxylic acids is 2. The van der Waals surface area contributed by atoms with Crippen LogP contribution in [0.2, 0.25) is 0 Å². The Kier molecular flexibility index (Phi) is 15.8. The third-order valence-corrected chi connectivity index (χ3v) is 3.40. The summed E-state index contributed by atoms with van der Waals surface area (Å²) in [6.07, 6.45) is 8.00. The summed E-state index contributed by atoms with van der Waals surface area (Å²) in [5.41, 5.74) is 0. The number of hydrogen-bond donors (Lipinski definition) is 0. The summed E-state index contributed by atoms with van der Waals surface area (Å²) in [6.45, 7) is 0.802. The fraction of sp³-hybridized carbons (Fsp3) is 0.778. The van der Waals surface area contributed by atoms with Gasteiger partial charge in [0.1, 0.15) is 0 Å². The Hall–Kier alpha value is -2.08. The van der Waals surface area contributed by atoms with Gasteiger partial charge in [0.15, 0.2) is 0 Å². The first-order valence-electron chi connectivity index (χ1n) is 8.76. The van der Waals surface area contributed by atoms with Crippen molar-refractivity contribution >= 4 is 11.9 Å². The molecule has 0 amide bonds. The number of unbranched alkanes of at least 4 members (excludes halogenated alkanes) is 7. The minimum absolute atomic E-state index is 0.235. The van der Waals surface area contributed by atoms with Crippen LogP contribution in [0.25, 0.3) is 0 Å². The molecule has 6 nitrogen and oxygen atoms in total. The normalized spacial score (nSPS) is 9.75. The molecule has 6 heteroatoms. The molecule has 0 rings (SSSR count). The lowest BCUT2D eigenvalue weighted by Gasteiger charge is -2.05. The summed E-state index contributed by atoms with van der Waals surface area (Å²) in [5, 5.41) is 16.8. The Morgan fingerprint density at radius 2 is 1.04 bits per heavy atom. The average molecular weight is 336 g/mol. The van der Waals surface area contributed by atoms with Crippen molar-refractivity contribution in [2.75, 3.05) is 13.2 Å². The molecule has 0 aromatic rings. The van der Waals surface area contributed by atoms with Crippen molar-refractivity contribution < 1.29 is 19.1 Å². The quantitative estimate of drug-likeness (QED) is 0.333. The maximum Gasteiger partial charge on any atom is 0.305 e. The van der Waals surface area contributed by atoms with Crippen LogP contribution in [0.15, 0.2) is 0 Å². The Labute approximate surface area is 144 Å². The van der Waals surface area contributed by atoms with Gasteiger partial charge in [-0.2, -0.15) is 10.5 Å². The molecular weight excluding hydrogens is 308 g/mol. The number of hydrogen-bond acceptors (Lipinski definition) is 6. The standard InChI is InChI=1S/C18H28N2O4/c19-13-7-1-3-9-15-23-17(21)11-5-6-12-18(22)24-16-10-4-2-8-14-20/h1-12,15-16H2. The third-order valence-electron chi connectivity index (χ3n) is 3.40. The number of nitrogens with zero attached hydrogens (tertiary/aromatic N) is 2. The number of carbonyl (C=O) groups is 2. The monoisotopic (exact) mass is 336 g/mol.